The molecule has 0 fully saturated rings. The van der Waals surface area contributed by atoms with Crippen molar-refractivity contribution in [3.8, 4) is 0 Å². The Bertz CT molecular complexity index is 558. The zero-order chi connectivity index (χ0) is 15.9. The average molecular weight is 316 g/mol. The van der Waals surface area contributed by atoms with Gasteiger partial charge in [0, 0.05) is 25.7 Å². The fourth-order valence-electron chi connectivity index (χ4n) is 1.81. The predicted molar refractivity (Wildman–Crippen MR) is 81.1 cm³/mol. The van der Waals surface area contributed by atoms with Crippen LogP contribution in [0.4, 0.5) is 10.1 Å². The Morgan fingerprint density at radius 1 is 1.29 bits per heavy atom. The largest absolute Gasteiger partial charge is 0.311 e. The first kappa shape index (κ1) is 17.6. The van der Waals surface area contributed by atoms with E-state index in [4.69, 9.17) is 0 Å². The van der Waals surface area contributed by atoms with E-state index in [1.165, 1.54) is 36.1 Å². The van der Waals surface area contributed by atoms with Crippen LogP contribution in [0.3, 0.4) is 0 Å². The molecule has 0 aliphatic rings. The van der Waals surface area contributed by atoms with Crippen LogP contribution in [0, 0.1) is 5.82 Å². The second kappa shape index (κ2) is 8.09. The Morgan fingerprint density at radius 2 is 1.90 bits per heavy atom. The first-order valence-electron chi connectivity index (χ1n) is 6.86. The third kappa shape index (κ3) is 6.22. The lowest BCUT2D eigenvalue weighted by atomic mass is 10.2. The number of amides is 1. The second-order valence-corrected chi connectivity index (χ2v) is 6.64. The number of benzene rings is 1. The van der Waals surface area contributed by atoms with Crippen molar-refractivity contribution in [2.45, 2.75) is 26.7 Å². The van der Waals surface area contributed by atoms with Crippen molar-refractivity contribution in [2.75, 3.05) is 23.7 Å². The molecule has 0 heterocycles. The van der Waals surface area contributed by atoms with Crippen LogP contribution in [-0.4, -0.2) is 33.2 Å². The summed E-state index contributed by atoms with van der Waals surface area (Å²) >= 11 is 0. The van der Waals surface area contributed by atoms with Gasteiger partial charge in [-0.2, -0.15) is 0 Å². The molecule has 0 radical (unpaired) electrons. The van der Waals surface area contributed by atoms with Crippen LogP contribution in [0.1, 0.15) is 26.7 Å². The SMILES string of the molecule is CCCCS(=O)(=O)NCCN(C(C)=O)c1ccc(F)cc1. The van der Waals surface area contributed by atoms with Gasteiger partial charge >= 0.3 is 0 Å². The maximum absolute atomic E-state index is 12.9. The lowest BCUT2D eigenvalue weighted by Crippen LogP contribution is -2.38. The molecule has 1 amide bonds. The molecular weight excluding hydrogens is 295 g/mol. The number of anilines is 1. The minimum Gasteiger partial charge on any atom is -0.311 e. The molecule has 0 bridgehead atoms. The van der Waals surface area contributed by atoms with Gasteiger partial charge in [-0.25, -0.2) is 17.5 Å². The zero-order valence-electron chi connectivity index (χ0n) is 12.3. The molecule has 1 rings (SSSR count). The van der Waals surface area contributed by atoms with E-state index in [9.17, 15) is 17.6 Å². The molecule has 7 heteroatoms. The molecule has 118 valence electrons. The van der Waals surface area contributed by atoms with Gasteiger partial charge in [-0.1, -0.05) is 13.3 Å². The molecule has 1 aromatic rings. The molecule has 5 nitrogen and oxygen atoms in total. The quantitative estimate of drug-likeness (QED) is 0.796. The highest BCUT2D eigenvalue weighted by Crippen LogP contribution is 2.14. The zero-order valence-corrected chi connectivity index (χ0v) is 13.1. The molecule has 0 aliphatic carbocycles. The van der Waals surface area contributed by atoms with Crippen molar-refractivity contribution in [3.63, 3.8) is 0 Å². The summed E-state index contributed by atoms with van der Waals surface area (Å²) in [5.41, 5.74) is 0.539. The first-order chi connectivity index (χ1) is 9.85. The van der Waals surface area contributed by atoms with E-state index in [0.29, 0.717) is 12.1 Å². The standard InChI is InChI=1S/C14H21FN2O3S/c1-3-4-11-21(19,20)16-9-10-17(12(2)18)14-7-5-13(15)6-8-14/h5-8,16H,3-4,9-11H2,1-2H3. The number of nitrogens with one attached hydrogen (secondary N) is 1. The average Bonchev–Trinajstić information content (AvgIpc) is 2.42. The van der Waals surface area contributed by atoms with Crippen LogP contribution < -0.4 is 9.62 Å². The van der Waals surface area contributed by atoms with E-state index in [2.05, 4.69) is 4.72 Å². The summed E-state index contributed by atoms with van der Waals surface area (Å²) < 4.78 is 38.7. The van der Waals surface area contributed by atoms with E-state index in [1.807, 2.05) is 6.92 Å². The van der Waals surface area contributed by atoms with E-state index in [1.54, 1.807) is 0 Å². The van der Waals surface area contributed by atoms with Crippen LogP contribution >= 0.6 is 0 Å². The highest BCUT2D eigenvalue weighted by atomic mass is 32.2. The number of carbonyl (C=O) groups is 1. The molecular formula is C14H21FN2O3S. The molecule has 21 heavy (non-hydrogen) atoms. The summed E-state index contributed by atoms with van der Waals surface area (Å²) in [6.07, 6.45) is 1.40. The number of rotatable bonds is 8. The first-order valence-corrected chi connectivity index (χ1v) is 8.52. The molecule has 0 spiro atoms. The van der Waals surface area contributed by atoms with E-state index in [-0.39, 0.29) is 30.6 Å². The molecule has 0 saturated heterocycles. The Balaban J connectivity index is 2.61. The van der Waals surface area contributed by atoms with Crippen molar-refractivity contribution in [2.24, 2.45) is 0 Å². The number of halogens is 1. The van der Waals surface area contributed by atoms with Crippen LogP contribution in [0.15, 0.2) is 24.3 Å². The maximum Gasteiger partial charge on any atom is 0.223 e. The summed E-state index contributed by atoms with van der Waals surface area (Å²) in [6.45, 7) is 3.63. The third-order valence-corrected chi connectivity index (χ3v) is 4.41. The van der Waals surface area contributed by atoms with Crippen LogP contribution in [-0.2, 0) is 14.8 Å². The van der Waals surface area contributed by atoms with Crippen molar-refractivity contribution in [3.05, 3.63) is 30.1 Å². The second-order valence-electron chi connectivity index (χ2n) is 4.71. The van der Waals surface area contributed by atoms with Gasteiger partial charge in [0.05, 0.1) is 5.75 Å². The number of carbonyl (C=O) groups excluding carboxylic acids is 1. The van der Waals surface area contributed by atoms with Gasteiger partial charge in [-0.15, -0.1) is 0 Å². The lowest BCUT2D eigenvalue weighted by Gasteiger charge is -2.21. The third-order valence-electron chi connectivity index (χ3n) is 2.94. The number of hydrogen-bond acceptors (Lipinski definition) is 3. The fourth-order valence-corrected chi connectivity index (χ4v) is 3.02. The fraction of sp³-hybridized carbons (Fsp3) is 0.500. The predicted octanol–water partition coefficient (Wildman–Crippen LogP) is 1.90. The molecule has 0 unspecified atom stereocenters. The molecule has 1 N–H and O–H groups in total. The van der Waals surface area contributed by atoms with Crippen LogP contribution in [0.5, 0.6) is 0 Å². The smallest absolute Gasteiger partial charge is 0.223 e. The van der Waals surface area contributed by atoms with Crippen LogP contribution in [0.2, 0.25) is 0 Å². The van der Waals surface area contributed by atoms with Gasteiger partial charge in [0.25, 0.3) is 0 Å². The van der Waals surface area contributed by atoms with Gasteiger partial charge in [0.15, 0.2) is 0 Å². The molecule has 1 aromatic carbocycles. The van der Waals surface area contributed by atoms with E-state index < -0.39 is 10.0 Å². The van der Waals surface area contributed by atoms with E-state index in [0.717, 1.165) is 6.42 Å². The Labute approximate surface area is 125 Å². The lowest BCUT2D eigenvalue weighted by molar-refractivity contribution is -0.116. The number of sulfonamides is 1. The monoisotopic (exact) mass is 316 g/mol. The minimum absolute atomic E-state index is 0.0835. The number of unbranched alkanes of at least 4 members (excludes halogenated alkanes) is 1. The molecule has 0 aromatic heterocycles. The van der Waals surface area contributed by atoms with Crippen molar-refractivity contribution in [1.29, 1.82) is 0 Å². The van der Waals surface area contributed by atoms with Gasteiger partial charge in [-0.3, -0.25) is 4.79 Å². The van der Waals surface area contributed by atoms with Gasteiger partial charge in [-0.05, 0) is 30.7 Å². The van der Waals surface area contributed by atoms with Gasteiger partial charge in [0.2, 0.25) is 15.9 Å². The highest BCUT2D eigenvalue weighted by Gasteiger charge is 2.14. The number of nitrogens with zero attached hydrogens (tertiary/aromatic N) is 1. The Kier molecular flexibility index (Phi) is 6.77. The number of hydrogen-bond donors (Lipinski definition) is 1. The Morgan fingerprint density at radius 3 is 2.43 bits per heavy atom. The van der Waals surface area contributed by atoms with Crippen molar-refractivity contribution < 1.29 is 17.6 Å². The molecule has 0 aliphatic heterocycles. The van der Waals surface area contributed by atoms with Crippen LogP contribution in [0.25, 0.3) is 0 Å². The summed E-state index contributed by atoms with van der Waals surface area (Å²) in [6, 6.07) is 5.50. The van der Waals surface area contributed by atoms with Gasteiger partial charge < -0.3 is 4.90 Å². The summed E-state index contributed by atoms with van der Waals surface area (Å²) in [5, 5.41) is 0. The summed E-state index contributed by atoms with van der Waals surface area (Å²) in [7, 11) is -3.30. The maximum atomic E-state index is 12.9. The summed E-state index contributed by atoms with van der Waals surface area (Å²) in [5.74, 6) is -0.531. The topological polar surface area (TPSA) is 66.5 Å². The molecule has 0 saturated carbocycles. The van der Waals surface area contributed by atoms with E-state index >= 15 is 0 Å². The molecule has 0 atom stereocenters. The highest BCUT2D eigenvalue weighted by molar-refractivity contribution is 7.89. The normalized spacial score (nSPS) is 11.4. The Hall–Kier alpha value is -1.47. The van der Waals surface area contributed by atoms with Gasteiger partial charge in [0.1, 0.15) is 5.82 Å². The van der Waals surface area contributed by atoms with Crippen molar-refractivity contribution in [1.82, 2.24) is 4.72 Å². The summed E-state index contributed by atoms with van der Waals surface area (Å²) in [4.78, 5) is 13.0. The van der Waals surface area contributed by atoms with Crippen molar-refractivity contribution >= 4 is 21.6 Å². The minimum atomic E-state index is -3.30.